The second-order valence-corrected chi connectivity index (χ2v) is 7.65. The minimum Gasteiger partial charge on any atom is -0.454 e. The molecule has 0 aliphatic carbocycles. The standard InChI is InChI=1S/C24H15N7O2/c1-2-15(13-4-7-19-20(8-13)33-12-32-19)21-17(3-1)28-24(29-21)23-22-18(30-31-23)6-5-16(27-22)14-9-25-11-26-10-14/h1-11H,12H2,(H,28,29)(H,30,31). The maximum absolute atomic E-state index is 5.55. The zero-order valence-corrected chi connectivity index (χ0v) is 17.1. The minimum atomic E-state index is 0.242. The summed E-state index contributed by atoms with van der Waals surface area (Å²) in [5.74, 6) is 2.13. The average molecular weight is 433 g/mol. The van der Waals surface area contributed by atoms with E-state index >= 15 is 0 Å². The predicted octanol–water partition coefficient (Wildman–Crippen LogP) is 4.35. The van der Waals surface area contributed by atoms with Gasteiger partial charge in [-0.05, 0) is 35.9 Å². The van der Waals surface area contributed by atoms with Gasteiger partial charge in [-0.25, -0.2) is 19.9 Å². The van der Waals surface area contributed by atoms with Gasteiger partial charge in [0, 0.05) is 23.5 Å². The lowest BCUT2D eigenvalue weighted by molar-refractivity contribution is 0.174. The third-order valence-corrected chi connectivity index (χ3v) is 5.68. The summed E-state index contributed by atoms with van der Waals surface area (Å²) >= 11 is 0. The number of pyridine rings is 1. The number of nitrogens with zero attached hydrogens (tertiary/aromatic N) is 5. The van der Waals surface area contributed by atoms with Crippen LogP contribution in [0.2, 0.25) is 0 Å². The first kappa shape index (κ1) is 17.8. The van der Waals surface area contributed by atoms with Gasteiger partial charge in [0.1, 0.15) is 11.8 Å². The smallest absolute Gasteiger partial charge is 0.231 e. The highest BCUT2D eigenvalue weighted by molar-refractivity contribution is 5.96. The van der Waals surface area contributed by atoms with Gasteiger partial charge >= 0.3 is 0 Å². The number of fused-ring (bicyclic) bond motifs is 3. The van der Waals surface area contributed by atoms with E-state index < -0.39 is 0 Å². The Balaban J connectivity index is 1.37. The summed E-state index contributed by atoms with van der Waals surface area (Å²) in [6.45, 7) is 0.242. The molecular formula is C24H15N7O2. The average Bonchev–Trinajstić information content (AvgIpc) is 3.60. The molecule has 0 radical (unpaired) electrons. The molecule has 5 heterocycles. The summed E-state index contributed by atoms with van der Waals surface area (Å²) in [7, 11) is 0. The maximum atomic E-state index is 5.55. The van der Waals surface area contributed by atoms with Crippen LogP contribution in [0.25, 0.3) is 56.0 Å². The number of imidazole rings is 1. The van der Waals surface area contributed by atoms with Crippen molar-refractivity contribution in [1.29, 1.82) is 0 Å². The molecule has 0 saturated carbocycles. The van der Waals surface area contributed by atoms with E-state index in [-0.39, 0.29) is 6.79 Å². The summed E-state index contributed by atoms with van der Waals surface area (Å²) in [6, 6.07) is 15.8. The lowest BCUT2D eigenvalue weighted by Gasteiger charge is -2.04. The minimum absolute atomic E-state index is 0.242. The number of nitrogens with one attached hydrogen (secondary N) is 2. The van der Waals surface area contributed by atoms with Crippen molar-refractivity contribution in [2.45, 2.75) is 0 Å². The Bertz CT molecular complexity index is 1660. The Labute approximate surface area is 186 Å². The van der Waals surface area contributed by atoms with Crippen LogP contribution in [0.5, 0.6) is 11.5 Å². The van der Waals surface area contributed by atoms with Crippen molar-refractivity contribution >= 4 is 22.1 Å². The Morgan fingerprint density at radius 2 is 1.70 bits per heavy atom. The van der Waals surface area contributed by atoms with E-state index in [1.54, 1.807) is 12.4 Å². The van der Waals surface area contributed by atoms with Crippen LogP contribution in [-0.2, 0) is 0 Å². The molecule has 7 rings (SSSR count). The fourth-order valence-corrected chi connectivity index (χ4v) is 4.10. The molecule has 0 unspecified atom stereocenters. The molecule has 9 nitrogen and oxygen atoms in total. The highest BCUT2D eigenvalue weighted by Crippen LogP contribution is 2.38. The van der Waals surface area contributed by atoms with Crippen LogP contribution in [0.4, 0.5) is 0 Å². The van der Waals surface area contributed by atoms with Crippen LogP contribution in [0.3, 0.4) is 0 Å². The van der Waals surface area contributed by atoms with Crippen LogP contribution in [-0.4, -0.2) is 41.9 Å². The quantitative estimate of drug-likeness (QED) is 0.426. The lowest BCUT2D eigenvalue weighted by atomic mass is 10.0. The van der Waals surface area contributed by atoms with E-state index in [1.807, 2.05) is 48.5 Å². The number of hydrogen-bond donors (Lipinski definition) is 2. The Morgan fingerprint density at radius 3 is 2.64 bits per heavy atom. The molecule has 6 aromatic rings. The van der Waals surface area contributed by atoms with Gasteiger partial charge in [0.05, 0.1) is 22.2 Å². The fourth-order valence-electron chi connectivity index (χ4n) is 4.10. The van der Waals surface area contributed by atoms with Gasteiger partial charge in [0.25, 0.3) is 0 Å². The summed E-state index contributed by atoms with van der Waals surface area (Å²) < 4.78 is 11.0. The SMILES string of the molecule is c1cc(-c2ccc3c(c2)OCO3)c2nc(-c3n[nH]c4ccc(-c5cncnc5)nc34)[nH]c2c1. The summed E-state index contributed by atoms with van der Waals surface area (Å²) in [5.41, 5.74) is 7.53. The summed E-state index contributed by atoms with van der Waals surface area (Å²) in [4.78, 5) is 21.3. The van der Waals surface area contributed by atoms with Gasteiger partial charge < -0.3 is 14.5 Å². The normalized spacial score (nSPS) is 12.6. The maximum Gasteiger partial charge on any atom is 0.231 e. The van der Waals surface area contributed by atoms with Crippen molar-refractivity contribution < 1.29 is 9.47 Å². The Kier molecular flexibility index (Phi) is 3.71. The highest BCUT2D eigenvalue weighted by Gasteiger charge is 2.19. The number of aromatic nitrogens is 7. The van der Waals surface area contributed by atoms with Crippen LogP contribution in [0.15, 0.2) is 67.3 Å². The topological polar surface area (TPSA) is 114 Å². The van der Waals surface area contributed by atoms with Crippen molar-refractivity contribution in [2.24, 2.45) is 0 Å². The molecule has 2 N–H and O–H groups in total. The zero-order valence-electron chi connectivity index (χ0n) is 17.1. The molecule has 0 bridgehead atoms. The monoisotopic (exact) mass is 433 g/mol. The van der Waals surface area contributed by atoms with E-state index in [4.69, 9.17) is 19.4 Å². The second-order valence-electron chi connectivity index (χ2n) is 7.65. The molecular weight excluding hydrogens is 418 g/mol. The van der Waals surface area contributed by atoms with Crippen molar-refractivity contribution in [1.82, 2.24) is 35.1 Å². The first-order chi connectivity index (χ1) is 16.3. The number of hydrogen-bond acceptors (Lipinski definition) is 7. The summed E-state index contributed by atoms with van der Waals surface area (Å²) in [6.07, 6.45) is 4.97. The van der Waals surface area contributed by atoms with Gasteiger partial charge in [-0.1, -0.05) is 18.2 Å². The summed E-state index contributed by atoms with van der Waals surface area (Å²) in [5, 5.41) is 7.55. The van der Waals surface area contributed by atoms with Crippen LogP contribution in [0, 0.1) is 0 Å². The van der Waals surface area contributed by atoms with Gasteiger partial charge in [0.15, 0.2) is 23.0 Å². The van der Waals surface area contributed by atoms with Gasteiger partial charge in [-0.2, -0.15) is 5.10 Å². The first-order valence-corrected chi connectivity index (χ1v) is 10.3. The molecule has 2 aromatic carbocycles. The van der Waals surface area contributed by atoms with Crippen molar-refractivity contribution in [3.8, 4) is 45.4 Å². The molecule has 33 heavy (non-hydrogen) atoms. The number of aromatic amines is 2. The third-order valence-electron chi connectivity index (χ3n) is 5.68. The molecule has 0 atom stereocenters. The second kappa shape index (κ2) is 6.86. The van der Waals surface area contributed by atoms with Gasteiger partial charge in [0.2, 0.25) is 6.79 Å². The Morgan fingerprint density at radius 1 is 0.788 bits per heavy atom. The number of rotatable bonds is 3. The fraction of sp³-hybridized carbons (Fsp3) is 0.0417. The van der Waals surface area contributed by atoms with E-state index in [9.17, 15) is 0 Å². The van der Waals surface area contributed by atoms with E-state index in [2.05, 4.69) is 25.1 Å². The van der Waals surface area contributed by atoms with Crippen molar-refractivity contribution in [3.05, 3.63) is 67.3 Å². The lowest BCUT2D eigenvalue weighted by Crippen LogP contribution is -1.92. The van der Waals surface area contributed by atoms with Crippen LogP contribution < -0.4 is 9.47 Å². The van der Waals surface area contributed by atoms with Gasteiger partial charge in [-0.15, -0.1) is 0 Å². The van der Waals surface area contributed by atoms with Crippen molar-refractivity contribution in [2.75, 3.05) is 6.79 Å². The molecule has 158 valence electrons. The molecule has 0 amide bonds. The van der Waals surface area contributed by atoms with Gasteiger partial charge in [-0.3, -0.25) is 5.10 Å². The molecule has 1 aliphatic heterocycles. The highest BCUT2D eigenvalue weighted by atomic mass is 16.7. The number of ether oxygens (including phenoxy) is 2. The first-order valence-electron chi connectivity index (χ1n) is 10.3. The third kappa shape index (κ3) is 2.83. The number of H-pyrrole nitrogens is 2. The number of benzene rings is 2. The van der Waals surface area contributed by atoms with E-state index in [1.165, 1.54) is 6.33 Å². The largest absolute Gasteiger partial charge is 0.454 e. The molecule has 4 aromatic heterocycles. The van der Waals surface area contributed by atoms with Crippen LogP contribution in [0.1, 0.15) is 0 Å². The molecule has 0 fully saturated rings. The molecule has 9 heteroatoms. The van der Waals surface area contributed by atoms with Crippen LogP contribution >= 0.6 is 0 Å². The zero-order chi connectivity index (χ0) is 21.8. The molecule has 1 aliphatic rings. The molecule has 0 saturated heterocycles. The number of para-hydroxylation sites is 1. The Hall–Kier alpha value is -4.79. The van der Waals surface area contributed by atoms with Crippen molar-refractivity contribution in [3.63, 3.8) is 0 Å². The predicted molar refractivity (Wildman–Crippen MR) is 122 cm³/mol. The van der Waals surface area contributed by atoms with E-state index in [0.717, 1.165) is 56.0 Å². The van der Waals surface area contributed by atoms with E-state index in [0.29, 0.717) is 11.5 Å². The molecule has 0 spiro atoms.